The smallest absolute Gasteiger partial charge is 0.133 e. The number of nitrogens with zero attached hydrogens (tertiary/aromatic N) is 1. The van der Waals surface area contributed by atoms with Crippen molar-refractivity contribution in [1.82, 2.24) is 4.90 Å². The maximum atomic E-state index is 10.5. The van der Waals surface area contributed by atoms with Gasteiger partial charge in [-0.3, -0.25) is 4.90 Å². The second-order valence-electron chi connectivity index (χ2n) is 5.19. The van der Waals surface area contributed by atoms with E-state index < -0.39 is 0 Å². The molecule has 0 unspecified atom stereocenters. The number of piperidine rings is 1. The molecule has 3 heteroatoms. The molecule has 2 nitrogen and oxygen atoms in total. The van der Waals surface area contributed by atoms with Crippen LogP contribution < -0.4 is 0 Å². The van der Waals surface area contributed by atoms with Gasteiger partial charge in [0.1, 0.15) is 6.29 Å². The summed E-state index contributed by atoms with van der Waals surface area (Å²) < 4.78 is 0. The number of likely N-dealkylation sites (tertiary alicyclic amines) is 1. The fourth-order valence-electron chi connectivity index (χ4n) is 2.70. The van der Waals surface area contributed by atoms with Gasteiger partial charge in [0, 0.05) is 4.90 Å². The molecule has 1 heterocycles. The highest BCUT2D eigenvalue weighted by Crippen LogP contribution is 2.23. The number of rotatable bonds is 6. The molecule has 1 aromatic carbocycles. The molecular formula is C16H23NOS. The van der Waals surface area contributed by atoms with Gasteiger partial charge in [0.2, 0.25) is 0 Å². The molecule has 0 atom stereocenters. The Hall–Kier alpha value is -0.800. The number of aldehydes is 1. The Morgan fingerprint density at radius 2 is 1.95 bits per heavy atom. The molecule has 1 aliphatic rings. The zero-order valence-electron chi connectivity index (χ0n) is 11.7. The van der Waals surface area contributed by atoms with E-state index in [1.807, 2.05) is 11.8 Å². The van der Waals surface area contributed by atoms with E-state index in [0.717, 1.165) is 31.0 Å². The molecule has 1 saturated heterocycles. The first-order valence-corrected chi connectivity index (χ1v) is 8.18. The highest BCUT2D eigenvalue weighted by Gasteiger charge is 2.18. The third kappa shape index (κ3) is 4.66. The number of thioether (sulfide) groups is 1. The van der Waals surface area contributed by atoms with Crippen molar-refractivity contribution in [2.24, 2.45) is 5.92 Å². The maximum Gasteiger partial charge on any atom is 0.133 e. The SMILES string of the molecule is CCSc1ccc(CC2CCN(CC=O)CC2)cc1. The van der Waals surface area contributed by atoms with E-state index in [4.69, 9.17) is 0 Å². The lowest BCUT2D eigenvalue weighted by atomic mass is 9.90. The normalized spacial score (nSPS) is 17.5. The molecule has 0 bridgehead atoms. The summed E-state index contributed by atoms with van der Waals surface area (Å²) in [7, 11) is 0. The van der Waals surface area contributed by atoms with E-state index in [9.17, 15) is 4.79 Å². The summed E-state index contributed by atoms with van der Waals surface area (Å²) in [5, 5.41) is 0. The van der Waals surface area contributed by atoms with Crippen LogP contribution in [0.4, 0.5) is 0 Å². The molecule has 104 valence electrons. The van der Waals surface area contributed by atoms with E-state index in [-0.39, 0.29) is 0 Å². The number of hydrogen-bond acceptors (Lipinski definition) is 3. The molecule has 0 N–H and O–H groups in total. The number of carbonyl (C=O) groups excluding carboxylic acids is 1. The first-order chi connectivity index (χ1) is 9.31. The summed E-state index contributed by atoms with van der Waals surface area (Å²) in [6.45, 7) is 4.95. The Kier molecular flexibility index (Phi) is 5.93. The van der Waals surface area contributed by atoms with Gasteiger partial charge in [-0.25, -0.2) is 0 Å². The van der Waals surface area contributed by atoms with Crippen molar-refractivity contribution < 1.29 is 4.79 Å². The van der Waals surface area contributed by atoms with Crippen LogP contribution >= 0.6 is 11.8 Å². The summed E-state index contributed by atoms with van der Waals surface area (Å²) in [5.74, 6) is 1.92. The number of hydrogen-bond donors (Lipinski definition) is 0. The molecule has 0 amide bonds. The molecule has 0 aromatic heterocycles. The Balaban J connectivity index is 1.80. The monoisotopic (exact) mass is 277 g/mol. The van der Waals surface area contributed by atoms with Gasteiger partial charge in [0.25, 0.3) is 0 Å². The van der Waals surface area contributed by atoms with Gasteiger partial charge in [-0.15, -0.1) is 11.8 Å². The number of benzene rings is 1. The van der Waals surface area contributed by atoms with E-state index in [1.54, 1.807) is 0 Å². The van der Waals surface area contributed by atoms with Crippen molar-refractivity contribution >= 4 is 18.0 Å². The van der Waals surface area contributed by atoms with Gasteiger partial charge in [-0.2, -0.15) is 0 Å². The van der Waals surface area contributed by atoms with Crippen molar-refractivity contribution in [2.75, 3.05) is 25.4 Å². The van der Waals surface area contributed by atoms with Crippen LogP contribution in [0.3, 0.4) is 0 Å². The third-order valence-electron chi connectivity index (χ3n) is 3.80. The van der Waals surface area contributed by atoms with E-state index >= 15 is 0 Å². The van der Waals surface area contributed by atoms with E-state index in [2.05, 4.69) is 36.1 Å². The van der Waals surface area contributed by atoms with Crippen LogP contribution in [0.15, 0.2) is 29.2 Å². The van der Waals surface area contributed by atoms with Gasteiger partial charge in [0.05, 0.1) is 6.54 Å². The standard InChI is InChI=1S/C16H23NOS/c1-2-19-16-5-3-14(4-6-16)13-15-7-9-17(10-8-15)11-12-18/h3-6,12,15H,2,7-11,13H2,1H3. The molecule has 1 aliphatic heterocycles. The quantitative estimate of drug-likeness (QED) is 0.588. The second-order valence-corrected chi connectivity index (χ2v) is 6.53. The van der Waals surface area contributed by atoms with Crippen molar-refractivity contribution in [2.45, 2.75) is 31.1 Å². The van der Waals surface area contributed by atoms with Crippen molar-refractivity contribution in [1.29, 1.82) is 0 Å². The summed E-state index contributed by atoms with van der Waals surface area (Å²) in [6, 6.07) is 9.03. The largest absolute Gasteiger partial charge is 0.302 e. The molecule has 0 radical (unpaired) electrons. The lowest BCUT2D eigenvalue weighted by molar-refractivity contribution is -0.109. The van der Waals surface area contributed by atoms with Crippen LogP contribution in [-0.2, 0) is 11.2 Å². The van der Waals surface area contributed by atoms with Gasteiger partial charge in [-0.05, 0) is 61.7 Å². The molecule has 0 aliphatic carbocycles. The van der Waals surface area contributed by atoms with Crippen LogP contribution in [0.5, 0.6) is 0 Å². The van der Waals surface area contributed by atoms with Gasteiger partial charge >= 0.3 is 0 Å². The van der Waals surface area contributed by atoms with Crippen molar-refractivity contribution in [3.63, 3.8) is 0 Å². The van der Waals surface area contributed by atoms with E-state index in [0.29, 0.717) is 6.54 Å². The fraction of sp³-hybridized carbons (Fsp3) is 0.562. The average Bonchev–Trinajstić information content (AvgIpc) is 2.44. The van der Waals surface area contributed by atoms with Gasteiger partial charge in [-0.1, -0.05) is 19.1 Å². The molecule has 19 heavy (non-hydrogen) atoms. The van der Waals surface area contributed by atoms with Crippen LogP contribution in [0.2, 0.25) is 0 Å². The summed E-state index contributed by atoms with van der Waals surface area (Å²) >= 11 is 1.90. The van der Waals surface area contributed by atoms with E-state index in [1.165, 1.54) is 29.7 Å². The molecule has 0 saturated carbocycles. The van der Waals surface area contributed by atoms with Crippen LogP contribution in [0, 0.1) is 5.92 Å². The summed E-state index contributed by atoms with van der Waals surface area (Å²) in [6.07, 6.45) is 4.65. The predicted molar refractivity (Wildman–Crippen MR) is 81.8 cm³/mol. The predicted octanol–water partition coefficient (Wildman–Crippen LogP) is 3.25. The van der Waals surface area contributed by atoms with Crippen molar-refractivity contribution in [3.8, 4) is 0 Å². The minimum Gasteiger partial charge on any atom is -0.302 e. The molecule has 1 aromatic rings. The Morgan fingerprint density at radius 1 is 1.26 bits per heavy atom. The third-order valence-corrected chi connectivity index (χ3v) is 4.69. The zero-order valence-corrected chi connectivity index (χ0v) is 12.5. The average molecular weight is 277 g/mol. The minimum atomic E-state index is 0.607. The Bertz CT molecular complexity index is 382. The zero-order chi connectivity index (χ0) is 13.5. The highest BCUT2D eigenvalue weighted by atomic mass is 32.2. The Morgan fingerprint density at radius 3 is 2.53 bits per heavy atom. The maximum absolute atomic E-state index is 10.5. The molecule has 0 spiro atoms. The molecule has 2 rings (SSSR count). The number of carbonyl (C=O) groups is 1. The first kappa shape index (κ1) is 14.6. The summed E-state index contributed by atoms with van der Waals surface area (Å²) in [4.78, 5) is 14.1. The topological polar surface area (TPSA) is 20.3 Å². The Labute approximate surface area is 120 Å². The van der Waals surface area contributed by atoms with Crippen LogP contribution in [-0.4, -0.2) is 36.6 Å². The highest BCUT2D eigenvalue weighted by molar-refractivity contribution is 7.99. The van der Waals surface area contributed by atoms with Crippen LogP contribution in [0.25, 0.3) is 0 Å². The lowest BCUT2D eigenvalue weighted by Gasteiger charge is -2.30. The lowest BCUT2D eigenvalue weighted by Crippen LogP contribution is -2.35. The van der Waals surface area contributed by atoms with Gasteiger partial charge < -0.3 is 4.79 Å². The minimum absolute atomic E-state index is 0.607. The van der Waals surface area contributed by atoms with Crippen molar-refractivity contribution in [3.05, 3.63) is 29.8 Å². The van der Waals surface area contributed by atoms with Crippen LogP contribution in [0.1, 0.15) is 25.3 Å². The fourth-order valence-corrected chi connectivity index (χ4v) is 3.36. The molecular weight excluding hydrogens is 254 g/mol. The molecule has 1 fully saturated rings. The van der Waals surface area contributed by atoms with Gasteiger partial charge in [0.15, 0.2) is 0 Å². The second kappa shape index (κ2) is 7.71. The summed E-state index contributed by atoms with van der Waals surface area (Å²) in [5.41, 5.74) is 1.45. The first-order valence-electron chi connectivity index (χ1n) is 7.19.